The Kier molecular flexibility index (Phi) is 5.67. The van der Waals surface area contributed by atoms with E-state index in [0.29, 0.717) is 10.0 Å². The van der Waals surface area contributed by atoms with Gasteiger partial charge in [0.1, 0.15) is 5.57 Å². The smallest absolute Gasteiger partial charge is 0.342 e. The first-order valence-electron chi connectivity index (χ1n) is 6.86. The predicted octanol–water partition coefficient (Wildman–Crippen LogP) is 4.28. The van der Waals surface area contributed by atoms with Crippen molar-refractivity contribution in [2.24, 2.45) is 0 Å². The molecule has 0 saturated carbocycles. The highest BCUT2D eigenvalue weighted by Crippen LogP contribution is 2.21. The van der Waals surface area contributed by atoms with Crippen molar-refractivity contribution < 1.29 is 14.3 Å². The number of esters is 1. The van der Waals surface area contributed by atoms with Crippen LogP contribution in [0, 0.1) is 0 Å². The summed E-state index contributed by atoms with van der Waals surface area (Å²) in [5.74, 6) is -0.984. The molecular formula is C18H15BrO3. The number of carbonyl (C=O) groups excluding carboxylic acids is 2. The molecule has 0 aliphatic heterocycles. The van der Waals surface area contributed by atoms with Crippen molar-refractivity contribution in [3.05, 3.63) is 75.8 Å². The Balaban J connectivity index is 2.45. The third kappa shape index (κ3) is 3.92. The minimum atomic E-state index is -0.618. The molecule has 4 heteroatoms. The summed E-state index contributed by atoms with van der Waals surface area (Å²) in [7, 11) is 0. The molecule has 0 amide bonds. The largest absolute Gasteiger partial charge is 0.462 e. The number of hydrogen-bond donors (Lipinski definition) is 0. The molecule has 0 fully saturated rings. The van der Waals surface area contributed by atoms with E-state index in [4.69, 9.17) is 4.74 Å². The number of carbonyl (C=O) groups is 2. The van der Waals surface area contributed by atoms with Gasteiger partial charge in [-0.3, -0.25) is 4.79 Å². The summed E-state index contributed by atoms with van der Waals surface area (Å²) in [6.45, 7) is 1.93. The second-order valence-corrected chi connectivity index (χ2v) is 5.35. The lowest BCUT2D eigenvalue weighted by Gasteiger charge is -2.08. The molecule has 3 nitrogen and oxygen atoms in total. The lowest BCUT2D eigenvalue weighted by Crippen LogP contribution is -2.16. The molecule has 0 heterocycles. The zero-order valence-corrected chi connectivity index (χ0v) is 13.7. The monoisotopic (exact) mass is 358 g/mol. The Morgan fingerprint density at radius 1 is 1.05 bits per heavy atom. The number of halogens is 1. The first-order chi connectivity index (χ1) is 10.6. The molecule has 0 spiro atoms. The van der Waals surface area contributed by atoms with Gasteiger partial charge < -0.3 is 4.74 Å². The minimum absolute atomic E-state index is 0.0138. The van der Waals surface area contributed by atoms with Gasteiger partial charge in [0.2, 0.25) is 5.78 Å². The van der Waals surface area contributed by atoms with Crippen LogP contribution in [0.15, 0.2) is 64.6 Å². The third-order valence-electron chi connectivity index (χ3n) is 2.97. The molecule has 0 atom stereocenters. The van der Waals surface area contributed by atoms with Gasteiger partial charge in [-0.1, -0.05) is 58.4 Å². The summed E-state index contributed by atoms with van der Waals surface area (Å²) < 4.78 is 5.66. The van der Waals surface area contributed by atoms with Crippen LogP contribution in [0.5, 0.6) is 0 Å². The lowest BCUT2D eigenvalue weighted by molar-refractivity contribution is -0.137. The Labute approximate surface area is 137 Å². The number of hydrogen-bond acceptors (Lipinski definition) is 3. The average Bonchev–Trinajstić information content (AvgIpc) is 2.53. The first-order valence-corrected chi connectivity index (χ1v) is 7.66. The fraction of sp³-hybridized carbons (Fsp3) is 0.111. The van der Waals surface area contributed by atoms with Gasteiger partial charge in [-0.05, 0) is 30.7 Å². The van der Waals surface area contributed by atoms with E-state index in [1.807, 2.05) is 36.4 Å². The van der Waals surface area contributed by atoms with E-state index in [2.05, 4.69) is 15.9 Å². The second-order valence-electron chi connectivity index (χ2n) is 4.50. The number of ether oxygens (including phenoxy) is 1. The Morgan fingerprint density at radius 2 is 1.68 bits per heavy atom. The van der Waals surface area contributed by atoms with Gasteiger partial charge in [0, 0.05) is 10.0 Å². The van der Waals surface area contributed by atoms with E-state index in [9.17, 15) is 9.59 Å². The van der Waals surface area contributed by atoms with E-state index in [0.717, 1.165) is 5.56 Å². The lowest BCUT2D eigenvalue weighted by atomic mass is 10.0. The summed E-state index contributed by atoms with van der Waals surface area (Å²) in [6, 6.07) is 16.2. The molecule has 2 aromatic carbocycles. The van der Waals surface area contributed by atoms with Crippen LogP contribution in [0.1, 0.15) is 22.8 Å². The van der Waals surface area contributed by atoms with E-state index < -0.39 is 5.97 Å². The average molecular weight is 359 g/mol. The quantitative estimate of drug-likeness (QED) is 0.263. The van der Waals surface area contributed by atoms with Crippen LogP contribution in [-0.4, -0.2) is 18.4 Å². The highest BCUT2D eigenvalue weighted by Gasteiger charge is 2.22. The Hall–Kier alpha value is -2.20. The molecule has 22 heavy (non-hydrogen) atoms. The molecule has 0 aliphatic carbocycles. The van der Waals surface area contributed by atoms with Crippen molar-refractivity contribution in [3.63, 3.8) is 0 Å². The highest BCUT2D eigenvalue weighted by atomic mass is 79.9. The molecule has 0 aliphatic rings. The zero-order chi connectivity index (χ0) is 15.9. The van der Waals surface area contributed by atoms with Crippen molar-refractivity contribution in [2.75, 3.05) is 6.61 Å². The third-order valence-corrected chi connectivity index (χ3v) is 3.66. The maximum atomic E-state index is 12.7. The summed E-state index contributed by atoms with van der Waals surface area (Å²) in [5, 5.41) is 0. The van der Waals surface area contributed by atoms with Crippen LogP contribution in [-0.2, 0) is 9.53 Å². The molecule has 112 valence electrons. The maximum absolute atomic E-state index is 12.7. The fourth-order valence-electron chi connectivity index (χ4n) is 1.93. The molecule has 0 radical (unpaired) electrons. The first kappa shape index (κ1) is 16.2. The van der Waals surface area contributed by atoms with Gasteiger partial charge in [0.05, 0.1) is 6.61 Å². The molecule has 0 unspecified atom stereocenters. The van der Waals surface area contributed by atoms with E-state index in [1.165, 1.54) is 0 Å². The van der Waals surface area contributed by atoms with E-state index in [-0.39, 0.29) is 18.0 Å². The second kappa shape index (κ2) is 7.71. The Morgan fingerprint density at radius 3 is 2.32 bits per heavy atom. The van der Waals surface area contributed by atoms with Crippen molar-refractivity contribution in [2.45, 2.75) is 6.92 Å². The van der Waals surface area contributed by atoms with Gasteiger partial charge in [-0.15, -0.1) is 0 Å². The van der Waals surface area contributed by atoms with Crippen LogP contribution >= 0.6 is 15.9 Å². The van der Waals surface area contributed by atoms with Crippen LogP contribution < -0.4 is 0 Å². The van der Waals surface area contributed by atoms with Gasteiger partial charge >= 0.3 is 5.97 Å². The van der Waals surface area contributed by atoms with Crippen molar-refractivity contribution in [1.29, 1.82) is 0 Å². The molecule has 0 bridgehead atoms. The van der Waals surface area contributed by atoms with Gasteiger partial charge in [-0.2, -0.15) is 0 Å². The summed E-state index contributed by atoms with van der Waals surface area (Å²) in [6.07, 6.45) is 1.56. The summed E-state index contributed by atoms with van der Waals surface area (Å²) in [5.41, 5.74) is 1.21. The molecular weight excluding hydrogens is 344 g/mol. The maximum Gasteiger partial charge on any atom is 0.342 e. The SMILES string of the molecule is CCOC(=O)C(=Cc1ccccc1)C(=O)c1ccccc1Br. The molecule has 0 aromatic heterocycles. The summed E-state index contributed by atoms with van der Waals surface area (Å²) >= 11 is 3.34. The molecule has 0 N–H and O–H groups in total. The van der Waals surface area contributed by atoms with Crippen molar-refractivity contribution in [1.82, 2.24) is 0 Å². The van der Waals surface area contributed by atoms with Gasteiger partial charge in [0.15, 0.2) is 0 Å². The molecule has 2 rings (SSSR count). The molecule has 0 saturated heterocycles. The van der Waals surface area contributed by atoms with Crippen LogP contribution in [0.25, 0.3) is 6.08 Å². The van der Waals surface area contributed by atoms with Crippen LogP contribution in [0.2, 0.25) is 0 Å². The van der Waals surface area contributed by atoms with Crippen LogP contribution in [0.3, 0.4) is 0 Å². The van der Waals surface area contributed by atoms with Gasteiger partial charge in [0.25, 0.3) is 0 Å². The normalized spacial score (nSPS) is 11.1. The predicted molar refractivity (Wildman–Crippen MR) is 89.5 cm³/mol. The Bertz CT molecular complexity index is 705. The van der Waals surface area contributed by atoms with E-state index in [1.54, 1.807) is 31.2 Å². The van der Waals surface area contributed by atoms with Crippen molar-refractivity contribution >= 4 is 33.8 Å². The fourth-order valence-corrected chi connectivity index (χ4v) is 2.40. The number of ketones is 1. The van der Waals surface area contributed by atoms with Crippen molar-refractivity contribution in [3.8, 4) is 0 Å². The summed E-state index contributed by atoms with van der Waals surface area (Å²) in [4.78, 5) is 24.8. The van der Waals surface area contributed by atoms with E-state index >= 15 is 0 Å². The highest BCUT2D eigenvalue weighted by molar-refractivity contribution is 9.10. The molecule has 2 aromatic rings. The zero-order valence-electron chi connectivity index (χ0n) is 12.1. The number of benzene rings is 2. The van der Waals surface area contributed by atoms with Gasteiger partial charge in [-0.25, -0.2) is 4.79 Å². The standard InChI is InChI=1S/C18H15BrO3/c1-2-22-18(21)15(12-13-8-4-3-5-9-13)17(20)14-10-6-7-11-16(14)19/h3-12H,2H2,1H3. The minimum Gasteiger partial charge on any atom is -0.462 e. The number of rotatable bonds is 5. The number of Topliss-reactive ketones (excluding diaryl/α,β-unsaturated/α-hetero) is 1. The topological polar surface area (TPSA) is 43.4 Å². The van der Waals surface area contributed by atoms with Crippen LogP contribution in [0.4, 0.5) is 0 Å².